The molecule has 0 aliphatic carbocycles. The Kier molecular flexibility index (Phi) is 5.34. The number of hydrogen-bond acceptors (Lipinski definition) is 7. The van der Waals surface area contributed by atoms with Crippen molar-refractivity contribution in [2.75, 3.05) is 28.9 Å². The van der Waals surface area contributed by atoms with Crippen LogP contribution in [0.5, 0.6) is 5.75 Å². The van der Waals surface area contributed by atoms with E-state index in [-0.39, 0.29) is 37.2 Å². The van der Waals surface area contributed by atoms with Crippen molar-refractivity contribution < 1.29 is 23.9 Å². The Morgan fingerprint density at radius 1 is 1.27 bits per heavy atom. The zero-order valence-electron chi connectivity index (χ0n) is 16.3. The molecule has 2 aliphatic heterocycles. The van der Waals surface area contributed by atoms with Crippen LogP contribution in [0, 0.1) is 0 Å². The van der Waals surface area contributed by atoms with Crippen LogP contribution < -0.4 is 20.4 Å². The Labute approximate surface area is 172 Å². The van der Waals surface area contributed by atoms with E-state index < -0.39 is 12.0 Å². The molecule has 4 rings (SSSR count). The first-order chi connectivity index (χ1) is 14.5. The molecule has 0 saturated heterocycles. The molecule has 9 nitrogen and oxygen atoms in total. The Hall–Kier alpha value is -3.88. The van der Waals surface area contributed by atoms with Crippen LogP contribution >= 0.6 is 0 Å². The fourth-order valence-electron chi connectivity index (χ4n) is 3.26. The van der Waals surface area contributed by atoms with E-state index >= 15 is 0 Å². The number of fused-ring (bicyclic) bond motifs is 1. The predicted molar refractivity (Wildman–Crippen MR) is 111 cm³/mol. The summed E-state index contributed by atoms with van der Waals surface area (Å²) in [5.74, 6) is -0.607. The van der Waals surface area contributed by atoms with E-state index in [4.69, 9.17) is 9.47 Å². The highest BCUT2D eigenvalue weighted by atomic mass is 16.5. The minimum Gasteiger partial charge on any atom is -0.482 e. The Morgan fingerprint density at radius 3 is 2.83 bits per heavy atom. The second-order valence-corrected chi connectivity index (χ2v) is 6.70. The molecule has 2 aromatic carbocycles. The molecule has 0 fully saturated rings. The summed E-state index contributed by atoms with van der Waals surface area (Å²) in [6.07, 6.45) is 0.115. The molecule has 0 radical (unpaired) electrons. The first kappa shape index (κ1) is 19.4. The molecule has 2 aromatic rings. The molecule has 2 amide bonds. The Bertz CT molecular complexity index is 1020. The number of anilines is 3. The van der Waals surface area contributed by atoms with Gasteiger partial charge in [-0.25, -0.2) is 4.79 Å². The monoisotopic (exact) mass is 408 g/mol. The lowest BCUT2D eigenvalue weighted by Gasteiger charge is -2.23. The van der Waals surface area contributed by atoms with Crippen LogP contribution in [0.3, 0.4) is 0 Å². The summed E-state index contributed by atoms with van der Waals surface area (Å²) >= 11 is 0. The van der Waals surface area contributed by atoms with Gasteiger partial charge in [0.2, 0.25) is 5.91 Å². The van der Waals surface area contributed by atoms with Crippen LogP contribution in [0.1, 0.15) is 13.3 Å². The van der Waals surface area contributed by atoms with Crippen molar-refractivity contribution in [3.05, 3.63) is 48.5 Å². The van der Waals surface area contributed by atoms with Crippen LogP contribution in [0.4, 0.5) is 17.1 Å². The second kappa shape index (κ2) is 8.24. The van der Waals surface area contributed by atoms with Gasteiger partial charge in [-0.2, -0.15) is 5.10 Å². The molecule has 1 atom stereocenters. The molecule has 0 spiro atoms. The third kappa shape index (κ3) is 3.95. The maximum absolute atomic E-state index is 13.1. The number of carbonyl (C=O) groups is 3. The zero-order chi connectivity index (χ0) is 21.1. The van der Waals surface area contributed by atoms with Crippen LogP contribution in [0.15, 0.2) is 53.6 Å². The number of nitrogens with one attached hydrogen (secondary N) is 2. The molecule has 2 heterocycles. The maximum Gasteiger partial charge on any atom is 0.354 e. The smallest absolute Gasteiger partial charge is 0.354 e. The first-order valence-electron chi connectivity index (χ1n) is 9.51. The van der Waals surface area contributed by atoms with E-state index in [0.29, 0.717) is 22.8 Å². The van der Waals surface area contributed by atoms with Crippen LogP contribution in [0.25, 0.3) is 0 Å². The summed E-state index contributed by atoms with van der Waals surface area (Å²) in [7, 11) is 0. The predicted octanol–water partition coefficient (Wildman–Crippen LogP) is 2.15. The average molecular weight is 408 g/mol. The van der Waals surface area contributed by atoms with Gasteiger partial charge < -0.3 is 20.1 Å². The van der Waals surface area contributed by atoms with E-state index in [0.717, 1.165) is 0 Å². The third-order valence-electron chi connectivity index (χ3n) is 4.62. The number of esters is 1. The lowest BCUT2D eigenvalue weighted by molar-refractivity contribution is -0.135. The van der Waals surface area contributed by atoms with Gasteiger partial charge in [-0.15, -0.1) is 0 Å². The largest absolute Gasteiger partial charge is 0.482 e. The molecule has 0 aromatic heterocycles. The fourth-order valence-corrected chi connectivity index (χ4v) is 3.26. The number of amides is 2. The highest BCUT2D eigenvalue weighted by Gasteiger charge is 2.37. The number of ether oxygens (including phenoxy) is 2. The van der Waals surface area contributed by atoms with Gasteiger partial charge in [-0.1, -0.05) is 18.2 Å². The number of hydrazone groups is 1. The van der Waals surface area contributed by atoms with E-state index in [1.807, 2.05) is 30.3 Å². The number of carbonyl (C=O) groups excluding carboxylic acids is 3. The van der Waals surface area contributed by atoms with Gasteiger partial charge in [-0.05, 0) is 37.3 Å². The fraction of sp³-hybridized carbons (Fsp3) is 0.238. The summed E-state index contributed by atoms with van der Waals surface area (Å²) in [5.41, 5.74) is 1.84. The van der Waals surface area contributed by atoms with Gasteiger partial charge in [0.15, 0.2) is 6.61 Å². The van der Waals surface area contributed by atoms with Gasteiger partial charge in [0.1, 0.15) is 17.5 Å². The molecule has 9 heteroatoms. The summed E-state index contributed by atoms with van der Waals surface area (Å²) in [5, 5.41) is 11.4. The lowest BCUT2D eigenvalue weighted by atomic mass is 10.1. The van der Waals surface area contributed by atoms with Crippen molar-refractivity contribution in [2.24, 2.45) is 5.10 Å². The summed E-state index contributed by atoms with van der Waals surface area (Å²) < 4.78 is 10.4. The van der Waals surface area contributed by atoms with E-state index in [1.54, 1.807) is 25.1 Å². The average Bonchev–Trinajstić information content (AvgIpc) is 3.20. The van der Waals surface area contributed by atoms with Gasteiger partial charge in [0.25, 0.3) is 5.91 Å². The topological polar surface area (TPSA) is 109 Å². The number of para-hydroxylation sites is 1. The highest BCUT2D eigenvalue weighted by Crippen LogP contribution is 2.31. The van der Waals surface area contributed by atoms with Crippen molar-refractivity contribution in [1.82, 2.24) is 0 Å². The van der Waals surface area contributed by atoms with Crippen LogP contribution in [0.2, 0.25) is 0 Å². The van der Waals surface area contributed by atoms with E-state index in [2.05, 4.69) is 15.7 Å². The normalized spacial score (nSPS) is 17.4. The molecule has 2 N–H and O–H groups in total. The van der Waals surface area contributed by atoms with Crippen LogP contribution in [-0.4, -0.2) is 42.8 Å². The molecular formula is C21H20N4O5. The molecule has 0 bridgehead atoms. The number of benzene rings is 2. The third-order valence-corrected chi connectivity index (χ3v) is 4.62. The molecule has 0 saturated carbocycles. The van der Waals surface area contributed by atoms with E-state index in [9.17, 15) is 14.4 Å². The number of rotatable bonds is 5. The highest BCUT2D eigenvalue weighted by molar-refractivity contribution is 6.38. The number of hydrogen-bond donors (Lipinski definition) is 2. The number of nitrogens with zero attached hydrogens (tertiary/aromatic N) is 2. The van der Waals surface area contributed by atoms with Crippen molar-refractivity contribution in [3.63, 3.8) is 0 Å². The zero-order valence-corrected chi connectivity index (χ0v) is 16.3. The second-order valence-electron chi connectivity index (χ2n) is 6.70. The summed E-state index contributed by atoms with van der Waals surface area (Å²) in [4.78, 5) is 36.8. The minimum atomic E-state index is -0.728. The Balaban J connectivity index is 1.55. The standard InChI is InChI=1S/C21H20N4O5/c1-2-29-21(28)16-11-17(25(24-16)14-6-4-3-5-7-14)20(27)22-13-8-9-18-15(10-13)23-19(26)12-30-18/h3-10,17H,2,11-12H2,1H3,(H,22,27)(H,23,26). The quantitative estimate of drug-likeness (QED) is 0.734. The molecule has 30 heavy (non-hydrogen) atoms. The van der Waals surface area contributed by atoms with Gasteiger partial charge in [0, 0.05) is 12.1 Å². The summed E-state index contributed by atoms with van der Waals surface area (Å²) in [6.45, 7) is 1.90. The maximum atomic E-state index is 13.1. The Morgan fingerprint density at radius 2 is 2.07 bits per heavy atom. The van der Waals surface area contributed by atoms with Crippen molar-refractivity contribution >= 4 is 40.6 Å². The van der Waals surface area contributed by atoms with Crippen LogP contribution in [-0.2, 0) is 19.1 Å². The van der Waals surface area contributed by atoms with E-state index in [1.165, 1.54) is 5.01 Å². The minimum absolute atomic E-state index is 0.0409. The van der Waals surface area contributed by atoms with Gasteiger partial charge in [0.05, 0.1) is 18.0 Å². The van der Waals surface area contributed by atoms with Crippen molar-refractivity contribution in [1.29, 1.82) is 0 Å². The molecular weight excluding hydrogens is 388 g/mol. The molecule has 2 aliphatic rings. The summed E-state index contributed by atoms with van der Waals surface area (Å²) in [6, 6.07) is 13.4. The first-order valence-corrected chi connectivity index (χ1v) is 9.51. The lowest BCUT2D eigenvalue weighted by Crippen LogP contribution is -2.38. The van der Waals surface area contributed by atoms with Crippen molar-refractivity contribution in [3.8, 4) is 5.75 Å². The van der Waals surface area contributed by atoms with Gasteiger partial charge in [-0.3, -0.25) is 14.6 Å². The van der Waals surface area contributed by atoms with Crippen molar-refractivity contribution in [2.45, 2.75) is 19.4 Å². The SMILES string of the molecule is CCOC(=O)C1=NN(c2ccccc2)C(C(=O)Nc2ccc3c(c2)NC(=O)CO3)C1. The molecule has 1 unspecified atom stereocenters. The molecule has 154 valence electrons. The van der Waals surface area contributed by atoms with Gasteiger partial charge >= 0.3 is 5.97 Å².